The summed E-state index contributed by atoms with van der Waals surface area (Å²) in [4.78, 5) is 0. The molecule has 0 aliphatic heterocycles. The van der Waals surface area contributed by atoms with Crippen molar-refractivity contribution in [3.8, 4) is 28.7 Å². The number of rotatable bonds is 9. The molecule has 0 heterocycles. The zero-order valence-corrected chi connectivity index (χ0v) is 18.5. The number of aliphatic hydroxyl groups is 1. The zero-order chi connectivity index (χ0) is 22.4. The topological polar surface area (TPSA) is 66.4 Å². The molecule has 164 valence electrons. The summed E-state index contributed by atoms with van der Waals surface area (Å²) in [7, 11) is 6.12. The molecular weight excluding hydrogens is 396 g/mol. The molecule has 0 aliphatic carbocycles. The van der Waals surface area contributed by atoms with Gasteiger partial charge in [0.05, 0.1) is 28.4 Å². The minimum atomic E-state index is -1.05. The molecule has 0 saturated carbocycles. The molecule has 0 aliphatic rings. The van der Waals surface area contributed by atoms with E-state index in [1.165, 1.54) is 21.3 Å². The third kappa shape index (κ3) is 4.39. The number of para-hydroxylation sites is 1. The summed E-state index contributed by atoms with van der Waals surface area (Å²) in [6, 6.07) is 17.3. The van der Waals surface area contributed by atoms with Crippen LogP contribution in [0.4, 0.5) is 0 Å². The van der Waals surface area contributed by atoms with Crippen molar-refractivity contribution in [3.63, 3.8) is 0 Å². The van der Waals surface area contributed by atoms with Crippen molar-refractivity contribution in [2.45, 2.75) is 19.6 Å². The summed E-state index contributed by atoms with van der Waals surface area (Å²) in [5.41, 5.74) is 2.84. The Kier molecular flexibility index (Phi) is 7.26. The maximum absolute atomic E-state index is 11.5. The summed E-state index contributed by atoms with van der Waals surface area (Å²) < 4.78 is 28.3. The molecule has 0 spiro atoms. The molecule has 6 heteroatoms. The number of aliphatic hydroxyl groups excluding tert-OH is 1. The van der Waals surface area contributed by atoms with Crippen molar-refractivity contribution in [2.75, 3.05) is 28.4 Å². The molecular formula is C25H28O6. The molecule has 31 heavy (non-hydrogen) atoms. The maximum atomic E-state index is 11.5. The molecule has 1 unspecified atom stereocenters. The van der Waals surface area contributed by atoms with E-state index in [1.54, 1.807) is 7.11 Å². The number of ether oxygens (including phenoxy) is 5. The van der Waals surface area contributed by atoms with Crippen molar-refractivity contribution in [3.05, 3.63) is 76.9 Å². The number of benzene rings is 3. The lowest BCUT2D eigenvalue weighted by molar-refractivity contribution is 0.200. The van der Waals surface area contributed by atoms with Gasteiger partial charge in [0, 0.05) is 16.7 Å². The van der Waals surface area contributed by atoms with Crippen LogP contribution in [-0.2, 0) is 6.61 Å². The van der Waals surface area contributed by atoms with Gasteiger partial charge in [0.1, 0.15) is 18.5 Å². The predicted molar refractivity (Wildman–Crippen MR) is 119 cm³/mol. The van der Waals surface area contributed by atoms with E-state index in [1.807, 2.05) is 61.5 Å². The largest absolute Gasteiger partial charge is 0.492 e. The summed E-state index contributed by atoms with van der Waals surface area (Å²) in [6.07, 6.45) is -1.05. The Bertz CT molecular complexity index is 1020. The molecule has 1 N–H and O–H groups in total. The van der Waals surface area contributed by atoms with E-state index in [0.717, 1.165) is 5.56 Å². The van der Waals surface area contributed by atoms with Crippen molar-refractivity contribution < 1.29 is 28.8 Å². The first-order chi connectivity index (χ1) is 15.1. The minimum Gasteiger partial charge on any atom is -0.492 e. The molecule has 0 radical (unpaired) electrons. The Morgan fingerprint density at radius 1 is 0.710 bits per heavy atom. The fourth-order valence-electron chi connectivity index (χ4n) is 3.67. The van der Waals surface area contributed by atoms with Crippen LogP contribution in [0.1, 0.15) is 28.4 Å². The van der Waals surface area contributed by atoms with Crippen LogP contribution in [0.3, 0.4) is 0 Å². The molecule has 3 rings (SSSR count). The fourth-order valence-corrected chi connectivity index (χ4v) is 3.67. The highest BCUT2D eigenvalue weighted by molar-refractivity contribution is 5.68. The Hall–Kier alpha value is -3.38. The summed E-state index contributed by atoms with van der Waals surface area (Å²) >= 11 is 0. The SMILES string of the molecule is COc1c(C)c(C(O)c2ccccc2OCc2ccccc2)c(OC)c(OC)c1OC. The molecule has 0 bridgehead atoms. The van der Waals surface area contributed by atoms with Crippen LogP contribution in [0.15, 0.2) is 54.6 Å². The smallest absolute Gasteiger partial charge is 0.207 e. The van der Waals surface area contributed by atoms with E-state index in [9.17, 15) is 5.11 Å². The molecule has 0 saturated heterocycles. The van der Waals surface area contributed by atoms with E-state index in [0.29, 0.717) is 52.0 Å². The molecule has 1 atom stereocenters. The van der Waals surface area contributed by atoms with Crippen molar-refractivity contribution in [1.29, 1.82) is 0 Å². The third-order valence-corrected chi connectivity index (χ3v) is 5.15. The summed E-state index contributed by atoms with van der Waals surface area (Å²) in [6.45, 7) is 2.23. The lowest BCUT2D eigenvalue weighted by Crippen LogP contribution is -2.10. The van der Waals surface area contributed by atoms with Gasteiger partial charge in [0.25, 0.3) is 0 Å². The number of methoxy groups -OCH3 is 4. The number of hydrogen-bond acceptors (Lipinski definition) is 6. The van der Waals surface area contributed by atoms with Gasteiger partial charge >= 0.3 is 0 Å². The monoisotopic (exact) mass is 424 g/mol. The first-order valence-corrected chi connectivity index (χ1v) is 9.87. The molecule has 3 aromatic carbocycles. The van der Waals surface area contributed by atoms with Crippen molar-refractivity contribution >= 4 is 0 Å². The second-order valence-corrected chi connectivity index (χ2v) is 6.89. The van der Waals surface area contributed by atoms with Crippen molar-refractivity contribution in [1.82, 2.24) is 0 Å². The summed E-state index contributed by atoms with van der Waals surface area (Å²) in [5.74, 6) is 2.18. The molecule has 3 aromatic rings. The summed E-state index contributed by atoms with van der Waals surface area (Å²) in [5, 5.41) is 11.5. The Labute approximate surface area is 182 Å². The lowest BCUT2D eigenvalue weighted by Gasteiger charge is -2.25. The average molecular weight is 424 g/mol. The Balaban J connectivity index is 2.08. The fraction of sp³-hybridized carbons (Fsp3) is 0.280. The Morgan fingerprint density at radius 3 is 1.87 bits per heavy atom. The lowest BCUT2D eigenvalue weighted by atomic mass is 9.94. The van der Waals surface area contributed by atoms with Crippen LogP contribution in [0.2, 0.25) is 0 Å². The molecule has 0 aromatic heterocycles. The zero-order valence-electron chi connectivity index (χ0n) is 18.5. The van der Waals surface area contributed by atoms with Gasteiger partial charge in [-0.05, 0) is 18.6 Å². The second kappa shape index (κ2) is 10.1. The van der Waals surface area contributed by atoms with E-state index in [-0.39, 0.29) is 0 Å². The van der Waals surface area contributed by atoms with Crippen LogP contribution in [0.5, 0.6) is 28.7 Å². The van der Waals surface area contributed by atoms with Crippen LogP contribution in [-0.4, -0.2) is 33.5 Å². The first-order valence-electron chi connectivity index (χ1n) is 9.87. The van der Waals surface area contributed by atoms with Gasteiger partial charge in [-0.2, -0.15) is 0 Å². The van der Waals surface area contributed by atoms with Crippen LogP contribution in [0.25, 0.3) is 0 Å². The second-order valence-electron chi connectivity index (χ2n) is 6.89. The van der Waals surface area contributed by atoms with E-state index in [2.05, 4.69) is 0 Å². The highest BCUT2D eigenvalue weighted by atomic mass is 16.5. The highest BCUT2D eigenvalue weighted by Crippen LogP contribution is 2.52. The van der Waals surface area contributed by atoms with E-state index < -0.39 is 6.10 Å². The average Bonchev–Trinajstić information content (AvgIpc) is 2.82. The van der Waals surface area contributed by atoms with Gasteiger partial charge in [-0.3, -0.25) is 0 Å². The van der Waals surface area contributed by atoms with Gasteiger partial charge in [-0.1, -0.05) is 48.5 Å². The normalized spacial score (nSPS) is 11.5. The first kappa shape index (κ1) is 22.3. The van der Waals surface area contributed by atoms with Crippen LogP contribution >= 0.6 is 0 Å². The standard InChI is InChI=1S/C25H28O6/c1-16-20(23(28-3)25(30-5)24(29-4)22(16)27-2)21(26)18-13-9-10-14-19(18)31-15-17-11-7-6-8-12-17/h6-14,21,26H,15H2,1-5H3. The number of hydrogen-bond donors (Lipinski definition) is 1. The van der Waals surface area contributed by atoms with Gasteiger partial charge in [-0.25, -0.2) is 0 Å². The van der Waals surface area contributed by atoms with Gasteiger partial charge in [0.15, 0.2) is 11.5 Å². The van der Waals surface area contributed by atoms with Crippen LogP contribution in [0, 0.1) is 6.92 Å². The predicted octanol–water partition coefficient (Wildman–Crippen LogP) is 4.69. The molecule has 0 amide bonds. The van der Waals surface area contributed by atoms with Crippen molar-refractivity contribution in [2.24, 2.45) is 0 Å². The van der Waals surface area contributed by atoms with Gasteiger partial charge in [0.2, 0.25) is 11.5 Å². The third-order valence-electron chi connectivity index (χ3n) is 5.15. The Morgan fingerprint density at radius 2 is 1.26 bits per heavy atom. The quantitative estimate of drug-likeness (QED) is 0.538. The minimum absolute atomic E-state index is 0.351. The maximum Gasteiger partial charge on any atom is 0.207 e. The van der Waals surface area contributed by atoms with E-state index in [4.69, 9.17) is 23.7 Å². The van der Waals surface area contributed by atoms with Gasteiger partial charge in [-0.15, -0.1) is 0 Å². The van der Waals surface area contributed by atoms with Gasteiger partial charge < -0.3 is 28.8 Å². The van der Waals surface area contributed by atoms with Crippen LogP contribution < -0.4 is 23.7 Å². The molecule has 0 fully saturated rings. The van der Waals surface area contributed by atoms with E-state index >= 15 is 0 Å². The molecule has 6 nitrogen and oxygen atoms in total. The highest BCUT2D eigenvalue weighted by Gasteiger charge is 2.30.